The van der Waals surface area contributed by atoms with E-state index in [1.807, 2.05) is 21.1 Å². The number of allylic oxidation sites excluding steroid dienone is 16. The lowest BCUT2D eigenvalue weighted by Crippen LogP contribution is -2.44. The van der Waals surface area contributed by atoms with Gasteiger partial charge in [-0.1, -0.05) is 272 Å². The second-order valence-electron chi connectivity index (χ2n) is 22.3. The van der Waals surface area contributed by atoms with Gasteiger partial charge < -0.3 is 33.3 Å². The van der Waals surface area contributed by atoms with E-state index in [2.05, 4.69) is 111 Å². The molecule has 0 heterocycles. The number of carboxylic acids is 1. The number of aliphatic carboxylic acids is 1. The van der Waals surface area contributed by atoms with Crippen LogP contribution in [-0.2, 0) is 33.3 Å². The summed E-state index contributed by atoms with van der Waals surface area (Å²) in [7, 11) is 5.92. The molecule has 0 fully saturated rings. The fraction of sp³-hybridized carbons (Fsp3) is 0.725. The molecule has 78 heavy (non-hydrogen) atoms. The number of ether oxygens (including phenoxy) is 4. The van der Waals surface area contributed by atoms with E-state index in [-0.39, 0.29) is 32.2 Å². The smallest absolute Gasteiger partial charge is 0.306 e. The Morgan fingerprint density at radius 1 is 0.397 bits per heavy atom. The third-order valence-corrected chi connectivity index (χ3v) is 13.6. The summed E-state index contributed by atoms with van der Waals surface area (Å²) in [6, 6.07) is 0. The van der Waals surface area contributed by atoms with Crippen LogP contribution in [0.15, 0.2) is 97.2 Å². The molecular formula is C69H119NO8. The molecular weight excluding hydrogens is 971 g/mol. The highest BCUT2D eigenvalue weighted by atomic mass is 16.7. The average molecular weight is 1090 g/mol. The number of carbonyl (C=O) groups excluding carboxylic acids is 3. The van der Waals surface area contributed by atoms with Crippen molar-refractivity contribution in [2.45, 2.75) is 277 Å². The van der Waals surface area contributed by atoms with Crippen molar-refractivity contribution in [2.24, 2.45) is 0 Å². The van der Waals surface area contributed by atoms with Crippen molar-refractivity contribution in [2.75, 3.05) is 47.5 Å². The van der Waals surface area contributed by atoms with Crippen LogP contribution in [-0.4, -0.2) is 82.3 Å². The van der Waals surface area contributed by atoms with Gasteiger partial charge in [-0.05, 0) is 77.0 Å². The first-order chi connectivity index (χ1) is 38.1. The van der Waals surface area contributed by atoms with Gasteiger partial charge in [-0.2, -0.15) is 0 Å². The summed E-state index contributed by atoms with van der Waals surface area (Å²) < 4.78 is 22.7. The summed E-state index contributed by atoms with van der Waals surface area (Å²) in [5.74, 6) is -2.28. The van der Waals surface area contributed by atoms with Gasteiger partial charge in [0, 0.05) is 12.8 Å². The average Bonchev–Trinajstić information content (AvgIpc) is 3.41. The Bertz CT molecular complexity index is 1600. The van der Waals surface area contributed by atoms with Crippen LogP contribution in [0.1, 0.15) is 264 Å². The largest absolute Gasteiger partial charge is 0.545 e. The number of carbonyl (C=O) groups is 3. The van der Waals surface area contributed by atoms with Crippen molar-refractivity contribution in [1.29, 1.82) is 0 Å². The van der Waals surface area contributed by atoms with Gasteiger partial charge in [0.15, 0.2) is 12.4 Å². The monoisotopic (exact) mass is 1090 g/mol. The van der Waals surface area contributed by atoms with Crippen LogP contribution in [0.25, 0.3) is 0 Å². The molecule has 2 atom stereocenters. The van der Waals surface area contributed by atoms with Crippen molar-refractivity contribution >= 4 is 17.9 Å². The first kappa shape index (κ1) is 74.2. The molecule has 0 amide bonds. The fourth-order valence-corrected chi connectivity index (χ4v) is 8.73. The summed E-state index contributed by atoms with van der Waals surface area (Å²) in [5.41, 5.74) is 0. The number of carboxylic acid groups (broad SMARTS) is 1. The molecule has 0 saturated heterocycles. The third-order valence-electron chi connectivity index (χ3n) is 13.6. The SMILES string of the molecule is CC/C=C\C/C=C\C/C=C\C/C=C\C/C=C\C/C=C\C/C=C\C/C=C\CCCCCCCCCCCCC(=O)OC(COC(=O)CCCCCCCCCCCCCCCCCCCC)COC(OCC[N+](C)(C)C)C(=O)[O-]. The van der Waals surface area contributed by atoms with Gasteiger partial charge in [-0.15, -0.1) is 0 Å². The molecule has 0 aliphatic heterocycles. The predicted molar refractivity (Wildman–Crippen MR) is 329 cm³/mol. The van der Waals surface area contributed by atoms with Crippen LogP contribution in [0, 0.1) is 0 Å². The van der Waals surface area contributed by atoms with Crippen molar-refractivity contribution in [3.8, 4) is 0 Å². The maximum atomic E-state index is 12.9. The van der Waals surface area contributed by atoms with Crippen molar-refractivity contribution in [1.82, 2.24) is 0 Å². The predicted octanol–water partition coefficient (Wildman–Crippen LogP) is 18.0. The molecule has 448 valence electrons. The van der Waals surface area contributed by atoms with Crippen LogP contribution < -0.4 is 5.11 Å². The highest BCUT2D eigenvalue weighted by Crippen LogP contribution is 2.17. The first-order valence-electron chi connectivity index (χ1n) is 31.9. The van der Waals surface area contributed by atoms with Gasteiger partial charge in [0.05, 0.1) is 40.3 Å². The minimum Gasteiger partial charge on any atom is -0.545 e. The summed E-state index contributed by atoms with van der Waals surface area (Å²) in [4.78, 5) is 37.4. The van der Waals surface area contributed by atoms with Crippen molar-refractivity contribution in [3.05, 3.63) is 97.2 Å². The molecule has 0 aromatic heterocycles. The molecule has 0 spiro atoms. The molecule has 0 aliphatic rings. The first-order valence-corrected chi connectivity index (χ1v) is 31.9. The lowest BCUT2D eigenvalue weighted by atomic mass is 10.0. The highest BCUT2D eigenvalue weighted by molar-refractivity contribution is 5.70. The quantitative estimate of drug-likeness (QED) is 0.0195. The minimum absolute atomic E-state index is 0.144. The molecule has 0 rings (SSSR count). The number of rotatable bonds is 58. The molecule has 0 N–H and O–H groups in total. The van der Waals surface area contributed by atoms with E-state index in [0.29, 0.717) is 23.9 Å². The molecule has 0 aromatic carbocycles. The maximum absolute atomic E-state index is 12.9. The Morgan fingerprint density at radius 3 is 1.09 bits per heavy atom. The van der Waals surface area contributed by atoms with Crippen molar-refractivity contribution in [3.63, 3.8) is 0 Å². The summed E-state index contributed by atoms with van der Waals surface area (Å²) in [5, 5.41) is 11.8. The standard InChI is InChI=1S/C69H119NO8/c1-6-8-10-12-14-16-18-20-22-24-26-27-28-29-30-31-32-33-34-35-36-37-38-39-40-41-42-44-46-48-50-52-54-56-58-60-67(72)78-65(64-77-69(68(73)74)75-62-61-70(3,4)5)63-76-66(71)59-57-55-53-51-49-47-45-43-25-23-21-19-17-15-13-11-9-7-2/h8,10,14,16,20,22,26-27,29-30,32-33,35-36,38-39,65,69H,6-7,9,11-13,15,17-19,21,23-25,28,31,34,37,40-64H2,1-5H3/b10-8-,16-14-,22-20-,27-26-,30-29-,33-32-,36-35-,39-38-. The number of quaternary nitrogens is 1. The lowest BCUT2D eigenvalue weighted by Gasteiger charge is -2.26. The number of unbranched alkanes of at least 4 members (excludes halogenated alkanes) is 27. The van der Waals surface area contributed by atoms with Crippen LogP contribution in [0.4, 0.5) is 0 Å². The maximum Gasteiger partial charge on any atom is 0.306 e. The molecule has 0 bridgehead atoms. The summed E-state index contributed by atoms with van der Waals surface area (Å²) in [6.45, 7) is 4.65. The molecule has 0 saturated carbocycles. The highest BCUT2D eigenvalue weighted by Gasteiger charge is 2.22. The molecule has 9 nitrogen and oxygen atoms in total. The zero-order chi connectivity index (χ0) is 56.9. The third kappa shape index (κ3) is 59.9. The van der Waals surface area contributed by atoms with Gasteiger partial charge in [-0.25, -0.2) is 0 Å². The Balaban J connectivity index is 4.18. The molecule has 0 aromatic rings. The van der Waals surface area contributed by atoms with Crippen LogP contribution in [0.3, 0.4) is 0 Å². The van der Waals surface area contributed by atoms with E-state index in [4.69, 9.17) is 18.9 Å². The van der Waals surface area contributed by atoms with E-state index in [1.54, 1.807) is 0 Å². The number of hydrogen-bond donors (Lipinski definition) is 0. The fourth-order valence-electron chi connectivity index (χ4n) is 8.73. The number of likely N-dealkylation sites (N-methyl/N-ethyl adjacent to an activating group) is 1. The second kappa shape index (κ2) is 59.3. The zero-order valence-electron chi connectivity index (χ0n) is 51.0. The Morgan fingerprint density at radius 2 is 0.731 bits per heavy atom. The molecule has 0 radical (unpaired) electrons. The second-order valence-corrected chi connectivity index (χ2v) is 22.3. The number of esters is 2. The number of hydrogen-bond acceptors (Lipinski definition) is 8. The minimum atomic E-state index is -1.63. The van der Waals surface area contributed by atoms with Crippen LogP contribution in [0.2, 0.25) is 0 Å². The van der Waals surface area contributed by atoms with Gasteiger partial charge in [0.2, 0.25) is 0 Å². The topological polar surface area (TPSA) is 111 Å². The molecule has 0 aliphatic carbocycles. The zero-order valence-corrected chi connectivity index (χ0v) is 51.0. The van der Waals surface area contributed by atoms with Gasteiger partial charge in [0.25, 0.3) is 0 Å². The van der Waals surface area contributed by atoms with Crippen LogP contribution in [0.5, 0.6) is 0 Å². The Kier molecular flexibility index (Phi) is 56.5. The lowest BCUT2D eigenvalue weighted by molar-refractivity contribution is -0.870. The number of nitrogens with zero attached hydrogens (tertiary/aromatic N) is 1. The van der Waals surface area contributed by atoms with Gasteiger partial charge in [-0.3, -0.25) is 9.59 Å². The van der Waals surface area contributed by atoms with E-state index in [9.17, 15) is 19.5 Å². The molecule has 2 unspecified atom stereocenters. The molecule has 9 heteroatoms. The van der Waals surface area contributed by atoms with Gasteiger partial charge >= 0.3 is 11.9 Å². The van der Waals surface area contributed by atoms with E-state index >= 15 is 0 Å². The normalized spacial score (nSPS) is 13.4. The summed E-state index contributed by atoms with van der Waals surface area (Å²) >= 11 is 0. The summed E-state index contributed by atoms with van der Waals surface area (Å²) in [6.07, 6.45) is 77.5. The van der Waals surface area contributed by atoms with Crippen molar-refractivity contribution < 1.29 is 42.9 Å². The Hall–Kier alpha value is -3.79. The van der Waals surface area contributed by atoms with E-state index < -0.39 is 24.3 Å². The van der Waals surface area contributed by atoms with E-state index in [0.717, 1.165) is 96.3 Å². The van der Waals surface area contributed by atoms with Gasteiger partial charge in [0.1, 0.15) is 13.2 Å². The van der Waals surface area contributed by atoms with E-state index in [1.165, 1.54) is 135 Å². The van der Waals surface area contributed by atoms with Crippen LogP contribution >= 0.6 is 0 Å². The Labute approximate surface area is 480 Å².